The van der Waals surface area contributed by atoms with Gasteiger partial charge in [-0.25, -0.2) is 0 Å². The van der Waals surface area contributed by atoms with E-state index >= 15 is 0 Å². The number of nitrogens with one attached hydrogen (secondary N) is 1. The van der Waals surface area contributed by atoms with Crippen molar-refractivity contribution in [1.82, 2.24) is 4.98 Å². The van der Waals surface area contributed by atoms with Crippen LogP contribution in [0, 0.1) is 6.92 Å². The van der Waals surface area contributed by atoms with E-state index < -0.39 is 16.2 Å². The Morgan fingerprint density at radius 3 is 2.76 bits per heavy atom. The molecule has 7 heteroatoms. The van der Waals surface area contributed by atoms with E-state index in [9.17, 15) is 8.42 Å². The first kappa shape index (κ1) is 16.0. The van der Waals surface area contributed by atoms with Crippen LogP contribution in [0.25, 0.3) is 10.9 Å². The van der Waals surface area contributed by atoms with Crippen LogP contribution in [0.3, 0.4) is 0 Å². The SMILES string of the molecule is Cc1ccc(S(=O)(=O)OC[C@@H]2COc3ccc4[nH]ccc4c3O2)cc1. The number of ether oxygens (including phenoxy) is 2. The van der Waals surface area contributed by atoms with Crippen LogP contribution in [0.5, 0.6) is 11.5 Å². The largest absolute Gasteiger partial charge is 0.486 e. The van der Waals surface area contributed by atoms with Gasteiger partial charge in [0.25, 0.3) is 10.1 Å². The lowest BCUT2D eigenvalue weighted by Crippen LogP contribution is -2.34. The quantitative estimate of drug-likeness (QED) is 0.725. The lowest BCUT2D eigenvalue weighted by Gasteiger charge is -2.26. The van der Waals surface area contributed by atoms with Gasteiger partial charge in [0.15, 0.2) is 17.6 Å². The van der Waals surface area contributed by atoms with Gasteiger partial charge in [0.2, 0.25) is 0 Å². The van der Waals surface area contributed by atoms with Crippen LogP contribution < -0.4 is 9.47 Å². The minimum Gasteiger partial charge on any atom is -0.486 e. The molecule has 0 saturated heterocycles. The lowest BCUT2D eigenvalue weighted by atomic mass is 10.2. The Balaban J connectivity index is 1.49. The van der Waals surface area contributed by atoms with Gasteiger partial charge in [0.1, 0.15) is 13.2 Å². The smallest absolute Gasteiger partial charge is 0.297 e. The van der Waals surface area contributed by atoms with Crippen molar-refractivity contribution in [2.45, 2.75) is 17.9 Å². The minimum absolute atomic E-state index is 0.115. The monoisotopic (exact) mass is 359 g/mol. The number of benzene rings is 2. The minimum atomic E-state index is -3.83. The fraction of sp³-hybridized carbons (Fsp3) is 0.222. The highest BCUT2D eigenvalue weighted by molar-refractivity contribution is 7.86. The second-order valence-corrected chi connectivity index (χ2v) is 7.55. The van der Waals surface area contributed by atoms with Crippen LogP contribution in [0.2, 0.25) is 0 Å². The Kier molecular flexibility index (Phi) is 3.89. The zero-order chi connectivity index (χ0) is 17.4. The van der Waals surface area contributed by atoms with Gasteiger partial charge in [-0.15, -0.1) is 0 Å². The summed E-state index contributed by atoms with van der Waals surface area (Å²) in [6.45, 7) is 2.01. The summed E-state index contributed by atoms with van der Waals surface area (Å²) in [6, 6.07) is 12.2. The van der Waals surface area contributed by atoms with Gasteiger partial charge in [-0.05, 0) is 37.3 Å². The first-order chi connectivity index (χ1) is 12.0. The molecule has 0 radical (unpaired) electrons. The van der Waals surface area contributed by atoms with Crippen molar-refractivity contribution in [2.24, 2.45) is 0 Å². The molecule has 1 aliphatic heterocycles. The zero-order valence-electron chi connectivity index (χ0n) is 13.6. The van der Waals surface area contributed by atoms with E-state index in [0.717, 1.165) is 16.5 Å². The summed E-state index contributed by atoms with van der Waals surface area (Å²) in [4.78, 5) is 3.23. The van der Waals surface area contributed by atoms with Gasteiger partial charge < -0.3 is 14.5 Å². The van der Waals surface area contributed by atoms with Gasteiger partial charge in [-0.3, -0.25) is 4.18 Å². The molecule has 4 rings (SSSR count). The fourth-order valence-electron chi connectivity index (χ4n) is 2.72. The molecule has 0 unspecified atom stereocenters. The average molecular weight is 359 g/mol. The highest BCUT2D eigenvalue weighted by Crippen LogP contribution is 2.38. The van der Waals surface area contributed by atoms with Crippen molar-refractivity contribution in [2.75, 3.05) is 13.2 Å². The maximum atomic E-state index is 12.3. The molecule has 1 aromatic heterocycles. The lowest BCUT2D eigenvalue weighted by molar-refractivity contribution is 0.0571. The first-order valence-corrected chi connectivity index (χ1v) is 9.29. The van der Waals surface area contributed by atoms with E-state index in [1.54, 1.807) is 12.1 Å². The molecule has 0 aliphatic carbocycles. The third-order valence-electron chi connectivity index (χ3n) is 4.08. The summed E-state index contributed by atoms with van der Waals surface area (Å²) in [5.74, 6) is 1.25. The third kappa shape index (κ3) is 3.08. The van der Waals surface area contributed by atoms with E-state index in [0.29, 0.717) is 11.5 Å². The molecule has 0 amide bonds. The van der Waals surface area contributed by atoms with Crippen molar-refractivity contribution < 1.29 is 22.1 Å². The maximum Gasteiger partial charge on any atom is 0.297 e. The van der Waals surface area contributed by atoms with E-state index in [-0.39, 0.29) is 18.1 Å². The Bertz CT molecular complexity index is 1010. The molecular weight excluding hydrogens is 342 g/mol. The molecule has 0 bridgehead atoms. The van der Waals surface area contributed by atoms with Crippen molar-refractivity contribution in [3.8, 4) is 11.5 Å². The van der Waals surface area contributed by atoms with Crippen molar-refractivity contribution in [3.63, 3.8) is 0 Å². The molecule has 2 heterocycles. The van der Waals surface area contributed by atoms with E-state index in [4.69, 9.17) is 13.7 Å². The Morgan fingerprint density at radius 1 is 1.16 bits per heavy atom. The standard InChI is InChI=1S/C18H17NO5S/c1-12-2-4-14(5-3-12)25(20,21)23-11-13-10-22-17-7-6-16-15(8-9-19-16)18(17)24-13/h2-9,13,19H,10-11H2,1H3/t13-/m0/s1. The highest BCUT2D eigenvalue weighted by Gasteiger charge is 2.26. The maximum absolute atomic E-state index is 12.3. The number of fused-ring (bicyclic) bond motifs is 3. The Morgan fingerprint density at radius 2 is 1.96 bits per heavy atom. The fourth-order valence-corrected chi connectivity index (χ4v) is 3.66. The number of rotatable bonds is 4. The summed E-state index contributed by atoms with van der Waals surface area (Å²) in [7, 11) is -3.83. The van der Waals surface area contributed by atoms with Gasteiger partial charge in [0, 0.05) is 17.1 Å². The predicted molar refractivity (Wildman–Crippen MR) is 92.5 cm³/mol. The van der Waals surface area contributed by atoms with Crippen LogP contribution in [0.15, 0.2) is 53.6 Å². The molecular formula is C18H17NO5S. The van der Waals surface area contributed by atoms with E-state index in [1.165, 1.54) is 12.1 Å². The number of hydrogen-bond donors (Lipinski definition) is 1. The Hall–Kier alpha value is -2.51. The molecule has 2 aromatic carbocycles. The number of hydrogen-bond acceptors (Lipinski definition) is 5. The number of aromatic amines is 1. The molecule has 1 aliphatic rings. The summed E-state index contributed by atoms with van der Waals surface area (Å²) in [6.07, 6.45) is 1.31. The van der Waals surface area contributed by atoms with Crippen LogP contribution in [-0.2, 0) is 14.3 Å². The van der Waals surface area contributed by atoms with Gasteiger partial charge in [-0.1, -0.05) is 17.7 Å². The van der Waals surface area contributed by atoms with Crippen molar-refractivity contribution >= 4 is 21.0 Å². The van der Waals surface area contributed by atoms with E-state index in [1.807, 2.05) is 31.3 Å². The highest BCUT2D eigenvalue weighted by atomic mass is 32.2. The molecule has 6 nitrogen and oxygen atoms in total. The molecule has 25 heavy (non-hydrogen) atoms. The molecule has 1 N–H and O–H groups in total. The van der Waals surface area contributed by atoms with Crippen LogP contribution in [0.1, 0.15) is 5.56 Å². The molecule has 3 aromatic rings. The number of aromatic nitrogens is 1. The van der Waals surface area contributed by atoms with Crippen LogP contribution in [0.4, 0.5) is 0 Å². The predicted octanol–water partition coefficient (Wildman–Crippen LogP) is 3.02. The summed E-state index contributed by atoms with van der Waals surface area (Å²) in [5.41, 5.74) is 1.91. The molecule has 130 valence electrons. The van der Waals surface area contributed by atoms with Crippen LogP contribution in [-0.4, -0.2) is 32.7 Å². The topological polar surface area (TPSA) is 77.6 Å². The van der Waals surface area contributed by atoms with Crippen LogP contribution >= 0.6 is 0 Å². The average Bonchev–Trinajstić information content (AvgIpc) is 3.09. The molecule has 1 atom stereocenters. The third-order valence-corrected chi connectivity index (χ3v) is 5.37. The van der Waals surface area contributed by atoms with Crippen molar-refractivity contribution in [3.05, 3.63) is 54.2 Å². The summed E-state index contributed by atoms with van der Waals surface area (Å²) in [5, 5.41) is 0.892. The second kappa shape index (κ2) is 6.09. The summed E-state index contributed by atoms with van der Waals surface area (Å²) < 4.78 is 41.3. The molecule has 0 spiro atoms. The van der Waals surface area contributed by atoms with Gasteiger partial charge in [0.05, 0.1) is 4.90 Å². The second-order valence-electron chi connectivity index (χ2n) is 5.93. The molecule has 0 saturated carbocycles. The Labute approximate surface area is 145 Å². The number of H-pyrrole nitrogens is 1. The number of aryl methyl sites for hydroxylation is 1. The van der Waals surface area contributed by atoms with E-state index in [2.05, 4.69) is 4.98 Å². The van der Waals surface area contributed by atoms with Gasteiger partial charge >= 0.3 is 0 Å². The van der Waals surface area contributed by atoms with Crippen molar-refractivity contribution in [1.29, 1.82) is 0 Å². The molecule has 0 fully saturated rings. The van der Waals surface area contributed by atoms with Gasteiger partial charge in [-0.2, -0.15) is 8.42 Å². The zero-order valence-corrected chi connectivity index (χ0v) is 14.4. The first-order valence-electron chi connectivity index (χ1n) is 7.88. The summed E-state index contributed by atoms with van der Waals surface area (Å²) >= 11 is 0. The normalized spacial score (nSPS) is 16.9.